The Kier molecular flexibility index (Phi) is 4.34. The van der Waals surface area contributed by atoms with Crippen molar-refractivity contribution in [3.63, 3.8) is 0 Å². The smallest absolute Gasteiger partial charge is 0.259 e. The lowest BCUT2D eigenvalue weighted by atomic mass is 9.88. The Morgan fingerprint density at radius 1 is 1.09 bits per heavy atom. The molecule has 0 saturated heterocycles. The summed E-state index contributed by atoms with van der Waals surface area (Å²) >= 11 is 3.54. The van der Waals surface area contributed by atoms with E-state index in [9.17, 15) is 4.79 Å². The molecule has 1 heterocycles. The van der Waals surface area contributed by atoms with Crippen molar-refractivity contribution in [3.05, 3.63) is 64.7 Å². The minimum atomic E-state index is 0.139. The van der Waals surface area contributed by atoms with Crippen molar-refractivity contribution >= 4 is 27.5 Å². The van der Waals surface area contributed by atoms with Gasteiger partial charge in [0.2, 0.25) is 0 Å². The molecule has 1 amide bonds. The van der Waals surface area contributed by atoms with Gasteiger partial charge in [0.15, 0.2) is 0 Å². The van der Waals surface area contributed by atoms with Gasteiger partial charge in [-0.05, 0) is 49.4 Å². The van der Waals surface area contributed by atoms with E-state index in [4.69, 9.17) is 0 Å². The van der Waals surface area contributed by atoms with Crippen LogP contribution in [0.5, 0.6) is 0 Å². The predicted octanol–water partition coefficient (Wildman–Crippen LogP) is 4.66. The average Bonchev–Trinajstić information content (AvgIpc) is 2.49. The van der Waals surface area contributed by atoms with E-state index in [2.05, 4.69) is 47.1 Å². The molecule has 2 aromatic carbocycles. The highest BCUT2D eigenvalue weighted by molar-refractivity contribution is 9.09. The third kappa shape index (κ3) is 2.58. The zero-order valence-electron chi connectivity index (χ0n) is 13.0. The molecule has 0 N–H and O–H groups in total. The first-order valence-corrected chi connectivity index (χ1v) is 8.79. The van der Waals surface area contributed by atoms with Crippen molar-refractivity contribution in [2.75, 3.05) is 10.2 Å². The maximum atomic E-state index is 13.2. The second kappa shape index (κ2) is 6.25. The number of rotatable bonds is 3. The number of halogens is 1. The minimum Gasteiger partial charge on any atom is -0.305 e. The van der Waals surface area contributed by atoms with E-state index in [0.29, 0.717) is 0 Å². The number of nitrogens with zero attached hydrogens (tertiary/aromatic N) is 1. The number of para-hydroxylation sites is 1. The Morgan fingerprint density at radius 2 is 1.82 bits per heavy atom. The molecule has 1 unspecified atom stereocenters. The molecule has 22 heavy (non-hydrogen) atoms. The Hall–Kier alpha value is -1.61. The van der Waals surface area contributed by atoms with Crippen LogP contribution in [-0.4, -0.2) is 17.3 Å². The summed E-state index contributed by atoms with van der Waals surface area (Å²) in [5, 5.41) is 0.897. The molecule has 3 heteroatoms. The molecule has 2 aromatic rings. The topological polar surface area (TPSA) is 20.3 Å². The summed E-state index contributed by atoms with van der Waals surface area (Å²) in [5.74, 6) is 0.139. The molecule has 0 aliphatic carbocycles. The van der Waals surface area contributed by atoms with Crippen molar-refractivity contribution in [2.24, 2.45) is 0 Å². The third-order valence-electron chi connectivity index (χ3n) is 4.43. The number of anilines is 1. The van der Waals surface area contributed by atoms with Crippen LogP contribution < -0.4 is 4.90 Å². The molecule has 114 valence electrons. The summed E-state index contributed by atoms with van der Waals surface area (Å²) in [6, 6.07) is 14.5. The van der Waals surface area contributed by atoms with Gasteiger partial charge in [0.05, 0.1) is 0 Å². The van der Waals surface area contributed by atoms with Crippen LogP contribution in [0.25, 0.3) is 0 Å². The Labute approximate surface area is 140 Å². The van der Waals surface area contributed by atoms with Crippen LogP contribution in [0.1, 0.15) is 33.5 Å². The van der Waals surface area contributed by atoms with Gasteiger partial charge in [0.1, 0.15) is 0 Å². The van der Waals surface area contributed by atoms with Crippen LogP contribution >= 0.6 is 15.9 Å². The second-order valence-corrected chi connectivity index (χ2v) is 6.70. The maximum Gasteiger partial charge on any atom is 0.259 e. The van der Waals surface area contributed by atoms with Crippen LogP contribution in [0.3, 0.4) is 0 Å². The molecule has 3 rings (SSSR count). The summed E-state index contributed by atoms with van der Waals surface area (Å²) in [6.07, 6.45) is 1.87. The SMILES string of the molecule is Cc1ccccc1N1C(=O)c2c(C)cccc2CC1CCBr. The fourth-order valence-electron chi connectivity index (χ4n) is 3.33. The van der Waals surface area contributed by atoms with Crippen LogP contribution in [0, 0.1) is 13.8 Å². The number of fused-ring (bicyclic) bond motifs is 1. The van der Waals surface area contributed by atoms with Gasteiger partial charge in [-0.15, -0.1) is 0 Å². The lowest BCUT2D eigenvalue weighted by Crippen LogP contribution is -2.47. The van der Waals surface area contributed by atoms with Gasteiger partial charge in [0, 0.05) is 22.6 Å². The molecular weight excluding hydrogens is 338 g/mol. The quantitative estimate of drug-likeness (QED) is 0.731. The van der Waals surface area contributed by atoms with Gasteiger partial charge in [-0.1, -0.05) is 52.3 Å². The standard InChI is InChI=1S/C19H20BrNO/c1-13-6-3-4-9-17(13)21-16(10-11-20)12-15-8-5-7-14(2)18(15)19(21)22/h3-9,16H,10-12H2,1-2H3. The molecule has 0 saturated carbocycles. The zero-order chi connectivity index (χ0) is 15.7. The number of carbonyl (C=O) groups excluding carboxylic acids is 1. The van der Waals surface area contributed by atoms with Gasteiger partial charge in [-0.2, -0.15) is 0 Å². The summed E-state index contributed by atoms with van der Waals surface area (Å²) in [5.41, 5.74) is 5.32. The van der Waals surface area contributed by atoms with Gasteiger partial charge in [-0.25, -0.2) is 0 Å². The third-order valence-corrected chi connectivity index (χ3v) is 4.89. The largest absolute Gasteiger partial charge is 0.305 e. The van der Waals surface area contributed by atoms with E-state index in [-0.39, 0.29) is 11.9 Å². The summed E-state index contributed by atoms with van der Waals surface area (Å²) in [6.45, 7) is 4.10. The van der Waals surface area contributed by atoms with Crippen LogP contribution in [-0.2, 0) is 6.42 Å². The highest BCUT2D eigenvalue weighted by Crippen LogP contribution is 2.33. The maximum absolute atomic E-state index is 13.2. The van der Waals surface area contributed by atoms with Crippen molar-refractivity contribution < 1.29 is 4.79 Å². The lowest BCUT2D eigenvalue weighted by molar-refractivity contribution is 0.0966. The summed E-state index contributed by atoms with van der Waals surface area (Å²) < 4.78 is 0. The summed E-state index contributed by atoms with van der Waals surface area (Å²) in [4.78, 5) is 15.2. The van der Waals surface area contributed by atoms with E-state index < -0.39 is 0 Å². The molecule has 2 nitrogen and oxygen atoms in total. The van der Waals surface area contributed by atoms with Gasteiger partial charge in [0.25, 0.3) is 5.91 Å². The van der Waals surface area contributed by atoms with E-state index in [0.717, 1.165) is 40.5 Å². The molecule has 1 atom stereocenters. The first-order valence-electron chi connectivity index (χ1n) is 7.67. The second-order valence-electron chi connectivity index (χ2n) is 5.91. The normalized spacial score (nSPS) is 17.5. The number of carbonyl (C=O) groups is 1. The van der Waals surface area contributed by atoms with Crippen molar-refractivity contribution in [1.82, 2.24) is 0 Å². The fourth-order valence-corrected chi connectivity index (χ4v) is 3.86. The Balaban J connectivity index is 2.13. The van der Waals surface area contributed by atoms with E-state index in [1.54, 1.807) is 0 Å². The molecular formula is C19H20BrNO. The van der Waals surface area contributed by atoms with Crippen LogP contribution in [0.2, 0.25) is 0 Å². The molecule has 0 radical (unpaired) electrons. The van der Waals surface area contributed by atoms with Crippen molar-refractivity contribution in [2.45, 2.75) is 32.7 Å². The van der Waals surface area contributed by atoms with Crippen LogP contribution in [0.4, 0.5) is 5.69 Å². The Bertz CT molecular complexity index is 710. The van der Waals surface area contributed by atoms with Crippen molar-refractivity contribution in [3.8, 4) is 0 Å². The van der Waals surface area contributed by atoms with Crippen molar-refractivity contribution in [1.29, 1.82) is 0 Å². The van der Waals surface area contributed by atoms with Crippen LogP contribution in [0.15, 0.2) is 42.5 Å². The van der Waals surface area contributed by atoms with Gasteiger partial charge < -0.3 is 4.90 Å². The molecule has 0 fully saturated rings. The molecule has 0 bridgehead atoms. The highest BCUT2D eigenvalue weighted by atomic mass is 79.9. The number of hydrogen-bond acceptors (Lipinski definition) is 1. The molecule has 1 aliphatic rings. The number of aryl methyl sites for hydroxylation is 2. The van der Waals surface area contributed by atoms with Gasteiger partial charge in [-0.3, -0.25) is 4.79 Å². The number of alkyl halides is 1. The van der Waals surface area contributed by atoms with E-state index in [1.165, 1.54) is 5.56 Å². The number of amides is 1. The first-order chi connectivity index (χ1) is 10.6. The zero-order valence-corrected chi connectivity index (χ0v) is 14.6. The highest BCUT2D eigenvalue weighted by Gasteiger charge is 2.34. The predicted molar refractivity (Wildman–Crippen MR) is 95.1 cm³/mol. The fraction of sp³-hybridized carbons (Fsp3) is 0.316. The van der Waals surface area contributed by atoms with E-state index >= 15 is 0 Å². The monoisotopic (exact) mass is 357 g/mol. The summed E-state index contributed by atoms with van der Waals surface area (Å²) in [7, 11) is 0. The average molecular weight is 358 g/mol. The van der Waals surface area contributed by atoms with E-state index in [1.807, 2.05) is 30.0 Å². The number of hydrogen-bond donors (Lipinski definition) is 0. The molecule has 0 aromatic heterocycles. The Morgan fingerprint density at radius 3 is 2.55 bits per heavy atom. The molecule has 1 aliphatic heterocycles. The lowest BCUT2D eigenvalue weighted by Gasteiger charge is -2.38. The molecule has 0 spiro atoms. The number of benzene rings is 2. The van der Waals surface area contributed by atoms with Gasteiger partial charge >= 0.3 is 0 Å². The first kappa shape index (κ1) is 15.3. The minimum absolute atomic E-state index is 0.139.